The van der Waals surface area contributed by atoms with E-state index in [1.54, 1.807) is 4.90 Å². The van der Waals surface area contributed by atoms with E-state index in [2.05, 4.69) is 28.5 Å². The molecule has 0 spiro atoms. The molecule has 2 aromatic heterocycles. The number of aromatic nitrogens is 2. The van der Waals surface area contributed by atoms with Gasteiger partial charge in [-0.3, -0.25) is 9.69 Å². The molecule has 0 radical (unpaired) electrons. The maximum atomic E-state index is 13.4. The van der Waals surface area contributed by atoms with Crippen molar-refractivity contribution in [2.45, 2.75) is 45.3 Å². The zero-order valence-electron chi connectivity index (χ0n) is 19.5. The lowest BCUT2D eigenvalue weighted by Gasteiger charge is -2.27. The summed E-state index contributed by atoms with van der Waals surface area (Å²) < 4.78 is 8.00. The zero-order valence-corrected chi connectivity index (χ0v) is 19.5. The highest BCUT2D eigenvalue weighted by Crippen LogP contribution is 2.20. The molecule has 6 heteroatoms. The van der Waals surface area contributed by atoms with Gasteiger partial charge in [0.1, 0.15) is 5.65 Å². The van der Waals surface area contributed by atoms with E-state index < -0.39 is 0 Å². The van der Waals surface area contributed by atoms with Gasteiger partial charge < -0.3 is 14.0 Å². The molecule has 1 aromatic carbocycles. The molecule has 1 aliphatic heterocycles. The SMILES string of the molecule is Cc1cccn2c(CN(C)C[C@H]3CCCCO3)c(C(=O)N(C)CCc3ccccc3)nc12. The highest BCUT2D eigenvalue weighted by atomic mass is 16.5. The number of rotatable bonds is 8. The average molecular weight is 435 g/mol. The van der Waals surface area contributed by atoms with E-state index in [0.29, 0.717) is 18.8 Å². The van der Waals surface area contributed by atoms with Crippen molar-refractivity contribution in [2.24, 2.45) is 0 Å². The van der Waals surface area contributed by atoms with Crippen LogP contribution in [-0.4, -0.2) is 65.0 Å². The van der Waals surface area contributed by atoms with Crippen molar-refractivity contribution in [3.05, 3.63) is 71.2 Å². The minimum Gasteiger partial charge on any atom is -0.377 e. The monoisotopic (exact) mass is 434 g/mol. The standard InChI is InChI=1S/C26H34N4O2/c1-20-10-9-15-30-23(19-28(2)18-22-13-7-8-17-32-22)24(27-25(20)30)26(31)29(3)16-14-21-11-5-4-6-12-21/h4-6,9-12,15,22H,7-8,13-14,16-19H2,1-3H3/t22-/m1/s1. The summed E-state index contributed by atoms with van der Waals surface area (Å²) in [4.78, 5) is 22.3. The number of amides is 1. The molecule has 1 fully saturated rings. The Balaban J connectivity index is 1.54. The van der Waals surface area contributed by atoms with Crippen LogP contribution in [0.5, 0.6) is 0 Å². The van der Waals surface area contributed by atoms with Crippen LogP contribution in [0.1, 0.15) is 46.6 Å². The van der Waals surface area contributed by atoms with Gasteiger partial charge >= 0.3 is 0 Å². The molecular formula is C26H34N4O2. The maximum absolute atomic E-state index is 13.4. The summed E-state index contributed by atoms with van der Waals surface area (Å²) >= 11 is 0. The first-order chi connectivity index (χ1) is 15.5. The van der Waals surface area contributed by atoms with Crippen molar-refractivity contribution in [3.8, 4) is 0 Å². The summed E-state index contributed by atoms with van der Waals surface area (Å²) in [6.45, 7) is 5.05. The number of hydrogen-bond acceptors (Lipinski definition) is 4. The number of likely N-dealkylation sites (N-methyl/N-ethyl adjacent to an activating group) is 2. The topological polar surface area (TPSA) is 50.1 Å². The summed E-state index contributed by atoms with van der Waals surface area (Å²) in [7, 11) is 3.96. The van der Waals surface area contributed by atoms with Crippen molar-refractivity contribution >= 4 is 11.6 Å². The van der Waals surface area contributed by atoms with Crippen molar-refractivity contribution in [1.82, 2.24) is 19.2 Å². The molecule has 4 rings (SSSR count). The third kappa shape index (κ3) is 5.19. The van der Waals surface area contributed by atoms with Gasteiger partial charge in [0.05, 0.1) is 11.8 Å². The number of benzene rings is 1. The summed E-state index contributed by atoms with van der Waals surface area (Å²) in [6.07, 6.45) is 6.58. The van der Waals surface area contributed by atoms with E-state index in [4.69, 9.17) is 9.72 Å². The van der Waals surface area contributed by atoms with Gasteiger partial charge in [-0.05, 0) is 56.8 Å². The van der Waals surface area contributed by atoms with Crippen molar-refractivity contribution in [1.29, 1.82) is 0 Å². The summed E-state index contributed by atoms with van der Waals surface area (Å²) in [5.74, 6) is -0.0265. The first-order valence-electron chi connectivity index (χ1n) is 11.6. The second-order valence-corrected chi connectivity index (χ2v) is 8.94. The number of nitrogens with zero attached hydrogens (tertiary/aromatic N) is 4. The van der Waals surface area contributed by atoms with E-state index in [1.807, 2.05) is 50.5 Å². The molecule has 1 aliphatic rings. The number of carbonyl (C=O) groups is 1. The minimum atomic E-state index is -0.0265. The molecule has 1 saturated heterocycles. The fourth-order valence-corrected chi connectivity index (χ4v) is 4.42. The van der Waals surface area contributed by atoms with Gasteiger partial charge in [-0.2, -0.15) is 0 Å². The fraction of sp³-hybridized carbons (Fsp3) is 0.462. The Bertz CT molecular complexity index is 1040. The third-order valence-electron chi connectivity index (χ3n) is 6.28. The number of ether oxygens (including phenoxy) is 1. The highest BCUT2D eigenvalue weighted by molar-refractivity contribution is 5.94. The second kappa shape index (κ2) is 10.3. The molecule has 0 aliphatic carbocycles. The lowest BCUT2D eigenvalue weighted by atomic mass is 10.1. The Labute approximate surface area is 190 Å². The lowest BCUT2D eigenvalue weighted by molar-refractivity contribution is -0.00280. The van der Waals surface area contributed by atoms with Gasteiger partial charge in [-0.1, -0.05) is 36.4 Å². The van der Waals surface area contributed by atoms with Crippen LogP contribution in [0, 0.1) is 6.92 Å². The number of pyridine rings is 1. The van der Waals surface area contributed by atoms with Crippen molar-refractivity contribution in [2.75, 3.05) is 33.8 Å². The Morgan fingerprint density at radius 2 is 1.97 bits per heavy atom. The number of fused-ring (bicyclic) bond motifs is 1. The van der Waals surface area contributed by atoms with Gasteiger partial charge in [0.2, 0.25) is 0 Å². The first kappa shape index (κ1) is 22.5. The van der Waals surface area contributed by atoms with Crippen LogP contribution in [-0.2, 0) is 17.7 Å². The van der Waals surface area contributed by atoms with E-state index in [1.165, 1.54) is 12.0 Å². The number of hydrogen-bond donors (Lipinski definition) is 0. The largest absolute Gasteiger partial charge is 0.377 e. The molecule has 6 nitrogen and oxygen atoms in total. The highest BCUT2D eigenvalue weighted by Gasteiger charge is 2.24. The van der Waals surface area contributed by atoms with Crippen molar-refractivity contribution < 1.29 is 9.53 Å². The molecule has 1 amide bonds. The van der Waals surface area contributed by atoms with Crippen LogP contribution in [0.3, 0.4) is 0 Å². The van der Waals surface area contributed by atoms with E-state index in [0.717, 1.165) is 49.3 Å². The molecular weight excluding hydrogens is 400 g/mol. The Morgan fingerprint density at radius 3 is 2.72 bits per heavy atom. The van der Waals surface area contributed by atoms with E-state index in [9.17, 15) is 4.79 Å². The van der Waals surface area contributed by atoms with E-state index in [-0.39, 0.29) is 12.0 Å². The van der Waals surface area contributed by atoms with Crippen LogP contribution in [0.2, 0.25) is 0 Å². The van der Waals surface area contributed by atoms with Gasteiger partial charge in [0.15, 0.2) is 5.69 Å². The van der Waals surface area contributed by atoms with Gasteiger partial charge in [-0.25, -0.2) is 4.98 Å². The summed E-state index contributed by atoms with van der Waals surface area (Å²) in [5.41, 5.74) is 4.64. The molecule has 3 aromatic rings. The number of imidazole rings is 1. The van der Waals surface area contributed by atoms with Crippen molar-refractivity contribution in [3.63, 3.8) is 0 Å². The smallest absolute Gasteiger partial charge is 0.274 e. The Morgan fingerprint density at radius 1 is 1.16 bits per heavy atom. The second-order valence-electron chi connectivity index (χ2n) is 8.94. The summed E-state index contributed by atoms with van der Waals surface area (Å²) in [6, 6.07) is 14.3. The van der Waals surface area contributed by atoms with Crippen LogP contribution in [0.25, 0.3) is 5.65 Å². The first-order valence-corrected chi connectivity index (χ1v) is 11.6. The molecule has 3 heterocycles. The molecule has 0 N–H and O–H groups in total. The van der Waals surface area contributed by atoms with Crippen LogP contribution < -0.4 is 0 Å². The molecule has 170 valence electrons. The maximum Gasteiger partial charge on any atom is 0.274 e. The average Bonchev–Trinajstić information content (AvgIpc) is 3.17. The predicted octanol–water partition coefficient (Wildman–Crippen LogP) is 3.96. The van der Waals surface area contributed by atoms with Gasteiger partial charge in [-0.15, -0.1) is 0 Å². The fourth-order valence-electron chi connectivity index (χ4n) is 4.42. The zero-order chi connectivity index (χ0) is 22.5. The third-order valence-corrected chi connectivity index (χ3v) is 6.28. The molecule has 0 bridgehead atoms. The minimum absolute atomic E-state index is 0.0265. The Kier molecular flexibility index (Phi) is 7.22. The predicted molar refractivity (Wildman–Crippen MR) is 127 cm³/mol. The quantitative estimate of drug-likeness (QED) is 0.539. The normalized spacial score (nSPS) is 16.6. The Hall–Kier alpha value is -2.70. The van der Waals surface area contributed by atoms with E-state index >= 15 is 0 Å². The number of aryl methyl sites for hydroxylation is 1. The molecule has 0 saturated carbocycles. The van der Waals surface area contributed by atoms with Crippen LogP contribution in [0.15, 0.2) is 48.7 Å². The van der Waals surface area contributed by atoms with Gasteiger partial charge in [0.25, 0.3) is 5.91 Å². The summed E-state index contributed by atoms with van der Waals surface area (Å²) in [5, 5.41) is 0. The molecule has 32 heavy (non-hydrogen) atoms. The molecule has 1 atom stereocenters. The van der Waals surface area contributed by atoms with Crippen LogP contribution in [0.4, 0.5) is 0 Å². The number of carbonyl (C=O) groups excluding carboxylic acids is 1. The van der Waals surface area contributed by atoms with Crippen LogP contribution >= 0.6 is 0 Å². The molecule has 0 unspecified atom stereocenters. The lowest BCUT2D eigenvalue weighted by Crippen LogP contribution is -2.34. The van der Waals surface area contributed by atoms with Gasteiger partial charge in [0, 0.05) is 39.5 Å².